The Morgan fingerprint density at radius 3 is 1.07 bits per heavy atom. The molecule has 1 aliphatic heterocycles. The summed E-state index contributed by atoms with van der Waals surface area (Å²) < 4.78 is 104. The zero-order valence-corrected chi connectivity index (χ0v) is 28.7. The van der Waals surface area contributed by atoms with Gasteiger partial charge in [0.2, 0.25) is 0 Å². The predicted octanol–water partition coefficient (Wildman–Crippen LogP) is -1.12. The topological polar surface area (TPSA) is 484 Å². The molecule has 0 aromatic heterocycles. The number of nitrogens with zero attached hydrogens (tertiary/aromatic N) is 1. The lowest BCUT2D eigenvalue weighted by Gasteiger charge is -2.60. The minimum atomic E-state index is -7.49. The Balaban J connectivity index is 0.0000185. The fraction of sp³-hybridized carbons (Fsp3) is 1.00. The minimum absolute atomic E-state index is 0. The fourth-order valence-electron chi connectivity index (χ4n) is 5.19. The van der Waals surface area contributed by atoms with Crippen LogP contribution in [0.5, 0.6) is 0 Å². The molecule has 0 aromatic carbocycles. The molecule has 2 atom stereocenters. The second-order valence-corrected chi connectivity index (χ2v) is 24.7. The lowest BCUT2D eigenvalue weighted by Crippen LogP contribution is -2.75. The van der Waals surface area contributed by atoms with E-state index in [1.165, 1.54) is 0 Å². The van der Waals surface area contributed by atoms with E-state index < -0.39 is 113 Å². The van der Waals surface area contributed by atoms with E-state index in [-0.39, 0.29) is 19.0 Å². The van der Waals surface area contributed by atoms with Crippen LogP contribution in [0.15, 0.2) is 0 Å². The van der Waals surface area contributed by atoms with Crippen molar-refractivity contribution in [1.29, 1.82) is 0 Å². The van der Waals surface area contributed by atoms with Crippen LogP contribution < -0.4 is 6.15 Å². The van der Waals surface area contributed by atoms with Gasteiger partial charge < -0.3 is 84.1 Å². The van der Waals surface area contributed by atoms with Gasteiger partial charge in [-0.15, -0.1) is 0 Å². The average molecular weight is 813 g/mol. The van der Waals surface area contributed by atoms with Crippen LogP contribution in [0.25, 0.3) is 0 Å². The van der Waals surface area contributed by atoms with Gasteiger partial charge in [-0.1, -0.05) is 12.8 Å². The summed E-state index contributed by atoms with van der Waals surface area (Å²) in [5.41, 5.74) is -15.3. The molecule has 1 fully saturated rings. The van der Waals surface area contributed by atoms with E-state index in [0.717, 1.165) is 0 Å². The Morgan fingerprint density at radius 1 is 0.545 bits per heavy atom. The van der Waals surface area contributed by atoms with E-state index in [1.54, 1.807) is 0 Å². The first kappa shape index (κ1) is 45.1. The summed E-state index contributed by atoms with van der Waals surface area (Å²) in [6.07, 6.45) is -4.18. The van der Waals surface area contributed by atoms with Crippen molar-refractivity contribution in [3.05, 3.63) is 0 Å². The molecular weight excluding hydrogens is 780 g/mol. The summed E-state index contributed by atoms with van der Waals surface area (Å²) in [6, 6.07) is 0. The van der Waals surface area contributed by atoms with Gasteiger partial charge in [0.05, 0.1) is 6.61 Å². The molecule has 0 aliphatic carbocycles. The van der Waals surface area contributed by atoms with Crippen molar-refractivity contribution in [3.63, 3.8) is 0 Å². The van der Waals surface area contributed by atoms with Gasteiger partial charge in [0.1, 0.15) is 0 Å². The van der Waals surface area contributed by atoms with E-state index >= 15 is 0 Å². The van der Waals surface area contributed by atoms with Crippen molar-refractivity contribution in [1.82, 2.24) is 6.15 Å². The van der Waals surface area contributed by atoms with Crippen molar-refractivity contribution in [3.8, 4) is 0 Å². The molecule has 0 aromatic rings. The lowest BCUT2D eigenvalue weighted by atomic mass is 10.1. The number of rotatable bonds is 11. The van der Waals surface area contributed by atoms with E-state index in [0.29, 0.717) is 0 Å². The summed E-state index contributed by atoms with van der Waals surface area (Å²) in [5.74, 6) is 0. The van der Waals surface area contributed by atoms with E-state index in [9.17, 15) is 110 Å². The Hall–Kier alpha value is 1.12. The minimum Gasteiger partial charge on any atom is -0.344 e. The highest BCUT2D eigenvalue weighted by Gasteiger charge is 2.91. The lowest BCUT2D eigenvalue weighted by molar-refractivity contribution is -0.954. The van der Waals surface area contributed by atoms with Crippen LogP contribution in [0.2, 0.25) is 0 Å². The number of hydrogen-bond acceptors (Lipinski definition) is 10. The van der Waals surface area contributed by atoms with Gasteiger partial charge in [0.25, 0.3) is 16.6 Å². The normalized spacial score (nSPS) is 24.5. The van der Waals surface area contributed by atoms with Gasteiger partial charge in [-0.05, 0) is 12.8 Å². The summed E-state index contributed by atoms with van der Waals surface area (Å²) in [7, 11) is -59.4. The van der Waals surface area contributed by atoms with Gasteiger partial charge in [0, 0.05) is 6.42 Å². The Bertz CT molecular complexity index is 1260. The molecule has 266 valence electrons. The van der Waals surface area contributed by atoms with Crippen LogP contribution >= 0.6 is 60.8 Å². The molecular formula is C10H33N2O24P8+. The molecule has 0 bridgehead atoms. The zero-order chi connectivity index (χ0) is 34.7. The van der Waals surface area contributed by atoms with Crippen molar-refractivity contribution < 1.29 is 119 Å². The molecule has 34 heteroatoms. The predicted molar refractivity (Wildman–Crippen MR) is 143 cm³/mol. The molecule has 18 N–H and O–H groups in total. The highest BCUT2D eigenvalue weighted by atomic mass is 31.3. The monoisotopic (exact) mass is 813 g/mol. The van der Waals surface area contributed by atoms with Crippen molar-refractivity contribution >= 4 is 60.8 Å². The number of hydrogen-bond donors (Lipinski definition) is 16. The van der Waals surface area contributed by atoms with E-state index in [1.807, 2.05) is 0 Å². The third kappa shape index (κ3) is 8.64. The summed E-state index contributed by atoms with van der Waals surface area (Å²) >= 11 is 0. The van der Waals surface area contributed by atoms with Crippen LogP contribution in [0.4, 0.5) is 0 Å². The molecule has 0 spiro atoms. The molecule has 1 rings (SSSR count). The first-order chi connectivity index (χ1) is 18.6. The van der Waals surface area contributed by atoms with Crippen LogP contribution in [0.3, 0.4) is 0 Å². The molecule has 1 saturated heterocycles. The highest BCUT2D eigenvalue weighted by Crippen LogP contribution is 2.89. The van der Waals surface area contributed by atoms with E-state index in [2.05, 4.69) is 4.52 Å². The average Bonchev–Trinajstić information content (AvgIpc) is 2.68. The highest BCUT2D eigenvalue weighted by molar-refractivity contribution is 7.75. The zero-order valence-electron chi connectivity index (χ0n) is 21.6. The van der Waals surface area contributed by atoms with Gasteiger partial charge in [-0.3, -0.25) is 36.5 Å². The third-order valence-corrected chi connectivity index (χ3v) is 22.5. The van der Waals surface area contributed by atoms with Crippen LogP contribution in [-0.4, -0.2) is 106 Å². The maximum absolute atomic E-state index is 13.9. The first-order valence-electron chi connectivity index (χ1n) is 10.8. The molecule has 1 heterocycles. The fourth-order valence-corrected chi connectivity index (χ4v) is 22.6. The smallest absolute Gasteiger partial charge is 0.344 e. The van der Waals surface area contributed by atoms with Gasteiger partial charge in [0.15, 0.2) is 0 Å². The van der Waals surface area contributed by atoms with Crippen LogP contribution in [0, 0.1) is 0 Å². The van der Waals surface area contributed by atoms with Gasteiger partial charge in [-0.2, -0.15) is 0 Å². The van der Waals surface area contributed by atoms with Crippen molar-refractivity contribution in [2.75, 3.05) is 6.61 Å². The Labute approximate surface area is 246 Å². The molecule has 44 heavy (non-hydrogen) atoms. The summed E-state index contributed by atoms with van der Waals surface area (Å²) in [4.78, 5) is 153. The molecule has 0 radical (unpaired) electrons. The SMILES string of the molecule is N.O=P(O)(O)C([N+](C(P(=O)(O)O)P(=O)(O)O)(C(P(=O)(O)O)P(=O)(O)O)C1(P(=O)(O)O)CCCCCCOP1(=O)O)P(=O)(O)O. The quantitative estimate of drug-likeness (QED) is 0.0867. The van der Waals surface area contributed by atoms with Crippen LogP contribution in [0.1, 0.15) is 32.1 Å². The molecule has 2 unspecified atom stereocenters. The standard InChI is InChI=1S/C10H29NO24P8.H3N/c12-36(13,14)7(37(15,16)17)11(8(38(18,19)20)39(21,22)23,9(40(24,25)26)41(27,28)29)10(42(30,31)32)5-3-1-2-4-6-35-43(10,33)34;/h7-9H,1-6H2,(H14-,12,13,14,15,16,17,18,19,20,21,22,23,24,25,26,27,28,29,30,31,32,33,34);1H3/p+1. The van der Waals surface area contributed by atoms with Gasteiger partial charge >= 0.3 is 65.8 Å². The first-order valence-corrected chi connectivity index (χ1v) is 24.1. The van der Waals surface area contributed by atoms with Gasteiger partial charge in [-0.25, -0.2) is 4.48 Å². The van der Waals surface area contributed by atoms with E-state index in [4.69, 9.17) is 0 Å². The molecule has 0 amide bonds. The third-order valence-electron chi connectivity index (χ3n) is 6.16. The van der Waals surface area contributed by atoms with Crippen molar-refractivity contribution in [2.24, 2.45) is 0 Å². The largest absolute Gasteiger partial charge is 0.401 e. The molecule has 0 saturated carbocycles. The molecule has 1 aliphatic rings. The summed E-state index contributed by atoms with van der Waals surface area (Å²) in [6.45, 7) is -1.17. The Morgan fingerprint density at radius 2 is 0.818 bits per heavy atom. The second-order valence-electron chi connectivity index (χ2n) is 9.24. The number of quaternary nitrogens is 1. The second kappa shape index (κ2) is 13.8. The summed E-state index contributed by atoms with van der Waals surface area (Å²) in [5, 5.41) is -5.36. The Kier molecular flexibility index (Phi) is 14.1. The maximum Gasteiger partial charge on any atom is 0.401 e. The van der Waals surface area contributed by atoms with Crippen LogP contribution in [-0.2, 0) is 41.0 Å². The molecule has 26 nitrogen and oxygen atoms in total. The van der Waals surface area contributed by atoms with Crippen molar-refractivity contribution in [2.45, 2.75) is 53.7 Å². The maximum atomic E-state index is 13.9.